The van der Waals surface area contributed by atoms with Gasteiger partial charge < -0.3 is 14.4 Å². The molecular formula is C17H20N6O4. The predicted octanol–water partition coefficient (Wildman–Crippen LogP) is 0.611. The van der Waals surface area contributed by atoms with Gasteiger partial charge in [-0.25, -0.2) is 10.2 Å². The summed E-state index contributed by atoms with van der Waals surface area (Å²) in [5.41, 5.74) is 3.30. The Balaban J connectivity index is 2.08. The van der Waals surface area contributed by atoms with Gasteiger partial charge in [-0.3, -0.25) is 14.3 Å². The molecule has 1 aromatic carbocycles. The minimum absolute atomic E-state index is 0.104. The first-order valence-electron chi connectivity index (χ1n) is 8.21. The maximum Gasteiger partial charge on any atom is 0.329 e. The van der Waals surface area contributed by atoms with Crippen LogP contribution in [0.1, 0.15) is 12.5 Å². The molecule has 2 heterocycles. The third kappa shape index (κ3) is 3.47. The van der Waals surface area contributed by atoms with Crippen molar-refractivity contribution in [2.24, 2.45) is 12.1 Å². The molecule has 3 aromatic rings. The van der Waals surface area contributed by atoms with Crippen LogP contribution in [-0.2, 0) is 18.3 Å². The first kappa shape index (κ1) is 18.4. The van der Waals surface area contributed by atoms with Gasteiger partial charge in [-0.1, -0.05) is 12.1 Å². The normalized spacial score (nSPS) is 11.9. The number of nitrogens with one attached hydrogen (secondary N) is 2. The molecule has 0 spiro atoms. The third-order valence-electron chi connectivity index (χ3n) is 4.14. The minimum atomic E-state index is -0.552. The average molecular weight is 372 g/mol. The second-order valence-corrected chi connectivity index (χ2v) is 5.90. The van der Waals surface area contributed by atoms with Gasteiger partial charge in [0.05, 0.1) is 12.3 Å². The number of anilines is 1. The lowest BCUT2D eigenvalue weighted by Gasteiger charge is -2.08. The standard InChI is InChI=1S/C17H20N6O4/c1-10(11-6-4-5-7-12(11)24)20-21-16-18-14-13(23(16)8-9-27-3)15(25)19-17(26)22(14)2/h4-7,24H,8-9H2,1-3H3,(H,18,21)(H,19,25,26)/b20-10-. The van der Waals surface area contributed by atoms with Crippen molar-refractivity contribution < 1.29 is 9.84 Å². The van der Waals surface area contributed by atoms with Crippen LogP contribution in [0.15, 0.2) is 39.0 Å². The number of para-hydroxylation sites is 1. The fourth-order valence-corrected chi connectivity index (χ4v) is 2.69. The van der Waals surface area contributed by atoms with E-state index < -0.39 is 11.2 Å². The Labute approximate surface area is 153 Å². The number of phenolic OH excluding ortho intramolecular Hbond substituents is 1. The number of rotatable bonds is 6. The molecule has 0 bridgehead atoms. The van der Waals surface area contributed by atoms with Crippen LogP contribution in [-0.4, -0.2) is 43.6 Å². The van der Waals surface area contributed by atoms with Gasteiger partial charge in [0.1, 0.15) is 5.75 Å². The number of nitrogens with zero attached hydrogens (tertiary/aromatic N) is 4. The van der Waals surface area contributed by atoms with E-state index in [2.05, 4.69) is 20.5 Å². The summed E-state index contributed by atoms with van der Waals surface area (Å²) in [5, 5.41) is 14.2. The van der Waals surface area contributed by atoms with Crippen molar-refractivity contribution in [3.05, 3.63) is 50.7 Å². The summed E-state index contributed by atoms with van der Waals surface area (Å²) in [6.45, 7) is 2.40. The highest BCUT2D eigenvalue weighted by atomic mass is 16.5. The second kappa shape index (κ2) is 7.46. The van der Waals surface area contributed by atoms with Gasteiger partial charge in [0.25, 0.3) is 5.56 Å². The first-order chi connectivity index (χ1) is 12.9. The van der Waals surface area contributed by atoms with E-state index in [1.54, 1.807) is 42.9 Å². The Kier molecular flexibility index (Phi) is 5.08. The van der Waals surface area contributed by atoms with Crippen molar-refractivity contribution in [2.75, 3.05) is 19.1 Å². The summed E-state index contributed by atoms with van der Waals surface area (Å²) in [7, 11) is 3.07. The lowest BCUT2D eigenvalue weighted by atomic mass is 10.1. The van der Waals surface area contributed by atoms with Gasteiger partial charge in [0.15, 0.2) is 11.2 Å². The molecule has 0 aliphatic carbocycles. The number of methoxy groups -OCH3 is 1. The fraction of sp³-hybridized carbons (Fsp3) is 0.294. The van der Waals surface area contributed by atoms with E-state index in [4.69, 9.17) is 4.74 Å². The lowest BCUT2D eigenvalue weighted by molar-refractivity contribution is 0.188. The second-order valence-electron chi connectivity index (χ2n) is 5.90. The zero-order chi connectivity index (χ0) is 19.6. The number of hydrazone groups is 1. The molecule has 27 heavy (non-hydrogen) atoms. The molecule has 10 nitrogen and oxygen atoms in total. The number of aromatic nitrogens is 4. The summed E-state index contributed by atoms with van der Waals surface area (Å²) >= 11 is 0. The molecule has 0 aliphatic heterocycles. The number of hydrogen-bond acceptors (Lipinski definition) is 7. The summed E-state index contributed by atoms with van der Waals surface area (Å²) in [4.78, 5) is 30.7. The van der Waals surface area contributed by atoms with Crippen molar-refractivity contribution in [1.82, 2.24) is 19.1 Å². The number of H-pyrrole nitrogens is 1. The van der Waals surface area contributed by atoms with Crippen molar-refractivity contribution in [2.45, 2.75) is 13.5 Å². The number of benzene rings is 1. The van der Waals surface area contributed by atoms with Crippen molar-refractivity contribution in [3.8, 4) is 5.75 Å². The molecule has 3 rings (SSSR count). The molecule has 0 saturated heterocycles. The van der Waals surface area contributed by atoms with E-state index in [9.17, 15) is 14.7 Å². The van der Waals surface area contributed by atoms with Crippen LogP contribution in [0, 0.1) is 0 Å². The highest BCUT2D eigenvalue weighted by molar-refractivity contribution is 6.01. The number of aromatic amines is 1. The molecule has 0 fully saturated rings. The predicted molar refractivity (Wildman–Crippen MR) is 101 cm³/mol. The van der Waals surface area contributed by atoms with Gasteiger partial charge in [-0.05, 0) is 19.1 Å². The van der Waals surface area contributed by atoms with Crippen molar-refractivity contribution in [3.63, 3.8) is 0 Å². The van der Waals surface area contributed by atoms with E-state index >= 15 is 0 Å². The van der Waals surface area contributed by atoms with Gasteiger partial charge in [0, 0.05) is 26.3 Å². The SMILES string of the molecule is COCCn1c(N/N=C(/C)c2ccccc2O)nc2c1c(=O)[nH]c(=O)n2C. The third-order valence-corrected chi connectivity index (χ3v) is 4.14. The summed E-state index contributed by atoms with van der Waals surface area (Å²) in [6, 6.07) is 6.81. The lowest BCUT2D eigenvalue weighted by Crippen LogP contribution is -2.29. The maximum atomic E-state index is 12.3. The Bertz CT molecular complexity index is 1120. The van der Waals surface area contributed by atoms with Crippen LogP contribution in [0.5, 0.6) is 5.75 Å². The van der Waals surface area contributed by atoms with Crippen molar-refractivity contribution in [1.29, 1.82) is 0 Å². The van der Waals surface area contributed by atoms with E-state index in [0.717, 1.165) is 0 Å². The molecule has 0 aliphatic rings. The topological polar surface area (TPSA) is 127 Å². The average Bonchev–Trinajstić information content (AvgIpc) is 3.02. The molecule has 3 N–H and O–H groups in total. The highest BCUT2D eigenvalue weighted by Gasteiger charge is 2.17. The van der Waals surface area contributed by atoms with E-state index in [-0.39, 0.29) is 22.9 Å². The first-order valence-corrected chi connectivity index (χ1v) is 8.21. The molecule has 0 unspecified atom stereocenters. The maximum absolute atomic E-state index is 12.3. The van der Waals surface area contributed by atoms with Gasteiger partial charge in [-0.15, -0.1) is 0 Å². The molecule has 0 atom stereocenters. The molecular weight excluding hydrogens is 352 g/mol. The highest BCUT2D eigenvalue weighted by Crippen LogP contribution is 2.18. The van der Waals surface area contributed by atoms with Crippen LogP contribution in [0.4, 0.5) is 5.95 Å². The van der Waals surface area contributed by atoms with E-state index in [0.29, 0.717) is 24.4 Å². The molecule has 142 valence electrons. The zero-order valence-corrected chi connectivity index (χ0v) is 15.2. The number of ether oxygens (including phenoxy) is 1. The Morgan fingerprint density at radius 2 is 2.11 bits per heavy atom. The molecule has 0 radical (unpaired) electrons. The Morgan fingerprint density at radius 1 is 1.37 bits per heavy atom. The Hall–Kier alpha value is -3.40. The molecule has 0 saturated carbocycles. The van der Waals surface area contributed by atoms with Crippen LogP contribution in [0.25, 0.3) is 11.2 Å². The molecule has 10 heteroatoms. The summed E-state index contributed by atoms with van der Waals surface area (Å²) in [5.74, 6) is 0.385. The van der Waals surface area contributed by atoms with Crippen LogP contribution >= 0.6 is 0 Å². The van der Waals surface area contributed by atoms with E-state index in [1.165, 1.54) is 11.6 Å². The fourth-order valence-electron chi connectivity index (χ4n) is 2.69. The number of aryl methyl sites for hydroxylation is 1. The smallest absolute Gasteiger partial charge is 0.329 e. The number of imidazole rings is 1. The molecule has 2 aromatic heterocycles. The quantitative estimate of drug-likeness (QED) is 0.430. The number of aromatic hydroxyl groups is 1. The molecule has 0 amide bonds. The summed E-state index contributed by atoms with van der Waals surface area (Å²) < 4.78 is 7.95. The Morgan fingerprint density at radius 3 is 2.81 bits per heavy atom. The monoisotopic (exact) mass is 372 g/mol. The minimum Gasteiger partial charge on any atom is -0.507 e. The largest absolute Gasteiger partial charge is 0.507 e. The van der Waals surface area contributed by atoms with Crippen LogP contribution < -0.4 is 16.7 Å². The zero-order valence-electron chi connectivity index (χ0n) is 15.2. The van der Waals surface area contributed by atoms with Gasteiger partial charge in [-0.2, -0.15) is 10.1 Å². The van der Waals surface area contributed by atoms with Crippen LogP contribution in [0.3, 0.4) is 0 Å². The van der Waals surface area contributed by atoms with Gasteiger partial charge in [0.2, 0.25) is 5.95 Å². The van der Waals surface area contributed by atoms with Crippen LogP contribution in [0.2, 0.25) is 0 Å². The number of fused-ring (bicyclic) bond motifs is 1. The summed E-state index contributed by atoms with van der Waals surface area (Å²) in [6.07, 6.45) is 0. The number of hydrogen-bond donors (Lipinski definition) is 3. The van der Waals surface area contributed by atoms with E-state index in [1.807, 2.05) is 0 Å². The number of phenols is 1. The van der Waals surface area contributed by atoms with Gasteiger partial charge >= 0.3 is 5.69 Å². The van der Waals surface area contributed by atoms with Crippen molar-refractivity contribution >= 4 is 22.8 Å².